The summed E-state index contributed by atoms with van der Waals surface area (Å²) in [4.78, 5) is 8.35. The molecule has 0 saturated heterocycles. The highest BCUT2D eigenvalue weighted by atomic mass is 32.2. The maximum atomic E-state index is 12.3. The van der Waals surface area contributed by atoms with E-state index in [2.05, 4.69) is 20.0 Å². The fraction of sp³-hybridized carbons (Fsp3) is 0.158. The lowest BCUT2D eigenvalue weighted by Gasteiger charge is -2.12. The molecule has 30 heavy (non-hydrogen) atoms. The number of alkyl halides is 3. The van der Waals surface area contributed by atoms with Crippen molar-refractivity contribution in [1.82, 2.24) is 9.97 Å². The first kappa shape index (κ1) is 21.5. The number of nitrogens with zero attached hydrogens (tertiary/aromatic N) is 2. The zero-order valence-corrected chi connectivity index (χ0v) is 16.5. The van der Waals surface area contributed by atoms with Crippen LogP contribution in [0.3, 0.4) is 0 Å². The second kappa shape index (κ2) is 8.28. The molecule has 0 amide bonds. The molecule has 0 bridgehead atoms. The van der Waals surface area contributed by atoms with Gasteiger partial charge in [-0.05, 0) is 48.4 Å². The molecule has 11 heteroatoms. The number of sulfonamides is 1. The number of halogens is 3. The summed E-state index contributed by atoms with van der Waals surface area (Å²) >= 11 is 0. The third kappa shape index (κ3) is 5.45. The molecular formula is C19H17F3N4O3S. The standard InChI is InChI=1S/C19H17F3N4O3S/c1-2-12-9-15(30(23,27)28)7-8-16(12)17-10-18(25-11-24-17)26-13-3-5-14(6-4-13)29-19(20,21)22/h3-11H,2H2,1H3,(H2,23,27,28)(H,24,25,26). The Morgan fingerprint density at radius 1 is 1.07 bits per heavy atom. The molecule has 3 aromatic rings. The first-order chi connectivity index (χ1) is 14.0. The van der Waals surface area contributed by atoms with E-state index < -0.39 is 16.4 Å². The first-order valence-corrected chi connectivity index (χ1v) is 10.2. The smallest absolute Gasteiger partial charge is 0.406 e. The van der Waals surface area contributed by atoms with Crippen molar-refractivity contribution < 1.29 is 26.3 Å². The van der Waals surface area contributed by atoms with Gasteiger partial charge in [-0.3, -0.25) is 0 Å². The van der Waals surface area contributed by atoms with Gasteiger partial charge in [-0.1, -0.05) is 13.0 Å². The minimum Gasteiger partial charge on any atom is -0.406 e. The Balaban J connectivity index is 1.85. The average molecular weight is 438 g/mol. The number of anilines is 2. The Hall–Kier alpha value is -3.18. The molecule has 0 aliphatic carbocycles. The van der Waals surface area contributed by atoms with E-state index in [1.165, 1.54) is 42.7 Å². The largest absolute Gasteiger partial charge is 0.573 e. The van der Waals surface area contributed by atoms with Crippen LogP contribution >= 0.6 is 0 Å². The lowest BCUT2D eigenvalue weighted by molar-refractivity contribution is -0.274. The number of hydrogen-bond acceptors (Lipinski definition) is 6. The van der Waals surface area contributed by atoms with E-state index >= 15 is 0 Å². The van der Waals surface area contributed by atoms with Crippen LogP contribution in [0.15, 0.2) is 59.8 Å². The molecule has 0 radical (unpaired) electrons. The van der Waals surface area contributed by atoms with Crippen molar-refractivity contribution in [3.63, 3.8) is 0 Å². The van der Waals surface area contributed by atoms with Crippen molar-refractivity contribution in [2.75, 3.05) is 5.32 Å². The van der Waals surface area contributed by atoms with Crippen LogP contribution in [0, 0.1) is 0 Å². The molecular weight excluding hydrogens is 421 g/mol. The van der Waals surface area contributed by atoms with Crippen molar-refractivity contribution in [2.24, 2.45) is 5.14 Å². The summed E-state index contributed by atoms with van der Waals surface area (Å²) < 4.78 is 63.7. The van der Waals surface area contributed by atoms with Crippen LogP contribution in [0.25, 0.3) is 11.3 Å². The second-order valence-corrected chi connectivity index (χ2v) is 7.76. The normalized spacial score (nSPS) is 11.9. The predicted octanol–water partition coefficient (Wildman–Crippen LogP) is 4.00. The van der Waals surface area contributed by atoms with E-state index in [1.54, 1.807) is 12.1 Å². The zero-order chi connectivity index (χ0) is 21.9. The molecule has 3 rings (SSSR count). The number of ether oxygens (including phenoxy) is 1. The lowest BCUT2D eigenvalue weighted by Crippen LogP contribution is -2.16. The summed E-state index contributed by atoms with van der Waals surface area (Å²) in [7, 11) is -3.82. The van der Waals surface area contributed by atoms with Crippen molar-refractivity contribution in [3.05, 3.63) is 60.4 Å². The van der Waals surface area contributed by atoms with Gasteiger partial charge in [-0.15, -0.1) is 13.2 Å². The van der Waals surface area contributed by atoms with Crippen molar-refractivity contribution in [3.8, 4) is 17.0 Å². The van der Waals surface area contributed by atoms with E-state index in [1.807, 2.05) is 6.92 Å². The highest BCUT2D eigenvalue weighted by Gasteiger charge is 2.30. The SMILES string of the molecule is CCc1cc(S(N)(=O)=O)ccc1-c1cc(Nc2ccc(OC(F)(F)F)cc2)ncn1. The molecule has 3 N–H and O–H groups in total. The highest BCUT2D eigenvalue weighted by Crippen LogP contribution is 2.28. The molecule has 158 valence electrons. The van der Waals surface area contributed by atoms with Crippen LogP contribution in [0.1, 0.15) is 12.5 Å². The minimum atomic E-state index is -4.76. The molecule has 0 spiro atoms. The summed E-state index contributed by atoms with van der Waals surface area (Å²) in [5.41, 5.74) is 2.49. The summed E-state index contributed by atoms with van der Waals surface area (Å²) in [6.07, 6.45) is -2.88. The molecule has 2 aromatic carbocycles. The molecule has 0 aliphatic rings. The third-order valence-electron chi connectivity index (χ3n) is 4.09. The Morgan fingerprint density at radius 3 is 2.37 bits per heavy atom. The van der Waals surface area contributed by atoms with Crippen LogP contribution in [0.5, 0.6) is 5.75 Å². The fourth-order valence-electron chi connectivity index (χ4n) is 2.75. The number of nitrogens with one attached hydrogen (secondary N) is 1. The van der Waals surface area contributed by atoms with Crippen LogP contribution < -0.4 is 15.2 Å². The Bertz CT molecular complexity index is 1150. The van der Waals surface area contributed by atoms with E-state index in [-0.39, 0.29) is 10.6 Å². The zero-order valence-electron chi connectivity index (χ0n) is 15.6. The molecule has 0 saturated carbocycles. The van der Waals surface area contributed by atoms with Gasteiger partial charge in [0.2, 0.25) is 10.0 Å². The fourth-order valence-corrected chi connectivity index (χ4v) is 3.31. The lowest BCUT2D eigenvalue weighted by atomic mass is 10.0. The summed E-state index contributed by atoms with van der Waals surface area (Å²) in [6, 6.07) is 11.4. The van der Waals surface area contributed by atoms with Crippen molar-refractivity contribution in [1.29, 1.82) is 0 Å². The number of aromatic nitrogens is 2. The number of hydrogen-bond donors (Lipinski definition) is 2. The van der Waals surface area contributed by atoms with Gasteiger partial charge in [0.25, 0.3) is 0 Å². The topological polar surface area (TPSA) is 107 Å². The molecule has 0 atom stereocenters. The number of primary sulfonamides is 1. The average Bonchev–Trinajstić information content (AvgIpc) is 2.67. The highest BCUT2D eigenvalue weighted by molar-refractivity contribution is 7.89. The monoisotopic (exact) mass is 438 g/mol. The molecule has 0 unspecified atom stereocenters. The van der Waals surface area contributed by atoms with E-state index in [9.17, 15) is 21.6 Å². The molecule has 1 heterocycles. The maximum absolute atomic E-state index is 12.3. The predicted molar refractivity (Wildman–Crippen MR) is 105 cm³/mol. The second-order valence-electron chi connectivity index (χ2n) is 6.20. The van der Waals surface area contributed by atoms with Crippen LogP contribution in [0.4, 0.5) is 24.7 Å². The number of benzene rings is 2. The summed E-state index contributed by atoms with van der Waals surface area (Å²) in [6.45, 7) is 1.87. The summed E-state index contributed by atoms with van der Waals surface area (Å²) in [5, 5.41) is 8.16. The molecule has 0 aliphatic heterocycles. The Labute approximate surface area is 170 Å². The number of rotatable bonds is 6. The van der Waals surface area contributed by atoms with Gasteiger partial charge < -0.3 is 10.1 Å². The summed E-state index contributed by atoms with van der Waals surface area (Å²) in [5.74, 6) is 0.0704. The maximum Gasteiger partial charge on any atom is 0.573 e. The van der Waals surface area contributed by atoms with Gasteiger partial charge in [-0.25, -0.2) is 23.5 Å². The minimum absolute atomic E-state index is 0.0108. The number of aryl methyl sites for hydroxylation is 1. The van der Waals surface area contributed by atoms with Gasteiger partial charge in [-0.2, -0.15) is 0 Å². The van der Waals surface area contributed by atoms with Gasteiger partial charge in [0.15, 0.2) is 0 Å². The van der Waals surface area contributed by atoms with Crippen LogP contribution in [0.2, 0.25) is 0 Å². The third-order valence-corrected chi connectivity index (χ3v) is 5.00. The van der Waals surface area contributed by atoms with Crippen LogP contribution in [-0.4, -0.2) is 24.7 Å². The quantitative estimate of drug-likeness (QED) is 0.603. The molecule has 1 aromatic heterocycles. The molecule has 0 fully saturated rings. The van der Waals surface area contributed by atoms with Gasteiger partial charge in [0, 0.05) is 17.3 Å². The van der Waals surface area contributed by atoms with Crippen molar-refractivity contribution in [2.45, 2.75) is 24.6 Å². The van der Waals surface area contributed by atoms with E-state index in [4.69, 9.17) is 5.14 Å². The Morgan fingerprint density at radius 2 is 1.77 bits per heavy atom. The van der Waals surface area contributed by atoms with Crippen molar-refractivity contribution >= 4 is 21.5 Å². The van der Waals surface area contributed by atoms with Gasteiger partial charge >= 0.3 is 6.36 Å². The van der Waals surface area contributed by atoms with Gasteiger partial charge in [0.1, 0.15) is 17.9 Å². The van der Waals surface area contributed by atoms with E-state index in [0.29, 0.717) is 29.2 Å². The molecule has 7 nitrogen and oxygen atoms in total. The number of nitrogens with two attached hydrogens (primary N) is 1. The van der Waals surface area contributed by atoms with Gasteiger partial charge in [0.05, 0.1) is 10.6 Å². The van der Waals surface area contributed by atoms with Crippen LogP contribution in [-0.2, 0) is 16.4 Å². The Kier molecular flexibility index (Phi) is 5.94. The first-order valence-electron chi connectivity index (χ1n) is 8.66. The van der Waals surface area contributed by atoms with E-state index in [0.717, 1.165) is 5.56 Å².